The van der Waals surface area contributed by atoms with Gasteiger partial charge in [0.1, 0.15) is 0 Å². The quantitative estimate of drug-likeness (QED) is 0.870. The number of nitrogens with one attached hydrogen (secondary N) is 1. The minimum atomic E-state index is 0.201. The number of rotatable bonds is 3. The van der Waals surface area contributed by atoms with Crippen LogP contribution in [-0.4, -0.2) is 18.2 Å². The third-order valence-corrected chi connectivity index (χ3v) is 5.34. The zero-order valence-electron chi connectivity index (χ0n) is 12.2. The fraction of sp³-hybridized carbons (Fsp3) is 0.647. The van der Waals surface area contributed by atoms with Crippen molar-refractivity contribution in [1.29, 1.82) is 0 Å². The standard InChI is InChI=1S/C17H24BrNO/c1-13(14-5-4-6-15(18)11-14)19-16-7-10-20-17(12-16)8-2-3-9-17/h4-6,11,13,16,19H,2-3,7-10,12H2,1H3/t13-,16?/m0/s1. The molecular formula is C17H24BrNO. The van der Waals surface area contributed by atoms with Gasteiger partial charge in [-0.3, -0.25) is 0 Å². The molecule has 1 heterocycles. The van der Waals surface area contributed by atoms with Crippen molar-refractivity contribution < 1.29 is 4.74 Å². The van der Waals surface area contributed by atoms with Gasteiger partial charge in [0.25, 0.3) is 0 Å². The van der Waals surface area contributed by atoms with E-state index in [0.29, 0.717) is 12.1 Å². The van der Waals surface area contributed by atoms with Crippen molar-refractivity contribution in [3.05, 3.63) is 34.3 Å². The second kappa shape index (κ2) is 6.17. The summed E-state index contributed by atoms with van der Waals surface area (Å²) in [6.45, 7) is 3.18. The molecule has 3 rings (SSSR count). The van der Waals surface area contributed by atoms with Crippen LogP contribution in [0.1, 0.15) is 57.1 Å². The maximum Gasteiger partial charge on any atom is 0.0697 e. The molecule has 0 radical (unpaired) electrons. The van der Waals surface area contributed by atoms with Gasteiger partial charge in [-0.25, -0.2) is 0 Å². The highest BCUT2D eigenvalue weighted by Gasteiger charge is 2.40. The molecule has 1 spiro atoms. The minimum absolute atomic E-state index is 0.201. The number of halogens is 1. The van der Waals surface area contributed by atoms with Crippen molar-refractivity contribution in [3.8, 4) is 0 Å². The molecule has 110 valence electrons. The molecule has 2 fully saturated rings. The summed E-state index contributed by atoms with van der Waals surface area (Å²) in [5.41, 5.74) is 1.55. The summed E-state index contributed by atoms with van der Waals surface area (Å²) < 4.78 is 7.27. The summed E-state index contributed by atoms with van der Waals surface area (Å²) in [7, 11) is 0. The predicted octanol–water partition coefficient (Wildman–Crippen LogP) is 4.59. The van der Waals surface area contributed by atoms with Crippen LogP contribution < -0.4 is 5.32 Å². The lowest BCUT2D eigenvalue weighted by atomic mass is 9.88. The molecule has 20 heavy (non-hydrogen) atoms. The Kier molecular flexibility index (Phi) is 4.49. The second-order valence-corrected chi connectivity index (χ2v) is 7.29. The maximum atomic E-state index is 6.12. The Morgan fingerprint density at radius 1 is 1.35 bits per heavy atom. The van der Waals surface area contributed by atoms with Gasteiger partial charge >= 0.3 is 0 Å². The van der Waals surface area contributed by atoms with Gasteiger partial charge in [-0.05, 0) is 50.3 Å². The van der Waals surface area contributed by atoms with E-state index in [0.717, 1.165) is 17.5 Å². The van der Waals surface area contributed by atoms with E-state index in [-0.39, 0.29) is 5.60 Å². The highest BCUT2D eigenvalue weighted by molar-refractivity contribution is 9.10. The van der Waals surface area contributed by atoms with Gasteiger partial charge in [0.05, 0.1) is 5.60 Å². The molecule has 3 heteroatoms. The molecule has 1 aliphatic carbocycles. The van der Waals surface area contributed by atoms with Gasteiger partial charge in [0, 0.05) is 23.2 Å². The average molecular weight is 338 g/mol. The van der Waals surface area contributed by atoms with Crippen LogP contribution in [0.15, 0.2) is 28.7 Å². The van der Waals surface area contributed by atoms with Crippen molar-refractivity contribution >= 4 is 15.9 Å². The number of ether oxygens (including phenoxy) is 1. The first-order valence-corrected chi connectivity index (χ1v) is 8.62. The van der Waals surface area contributed by atoms with Gasteiger partial charge in [-0.1, -0.05) is 40.9 Å². The van der Waals surface area contributed by atoms with E-state index in [1.54, 1.807) is 0 Å². The Balaban J connectivity index is 1.62. The Bertz CT molecular complexity index is 456. The summed E-state index contributed by atoms with van der Waals surface area (Å²) in [5, 5.41) is 3.81. The molecule has 2 aliphatic rings. The van der Waals surface area contributed by atoms with Gasteiger partial charge < -0.3 is 10.1 Å². The highest BCUT2D eigenvalue weighted by Crippen LogP contribution is 2.40. The van der Waals surface area contributed by atoms with Crippen molar-refractivity contribution in [2.75, 3.05) is 6.61 Å². The summed E-state index contributed by atoms with van der Waals surface area (Å²) in [4.78, 5) is 0. The fourth-order valence-corrected chi connectivity index (χ4v) is 4.18. The molecule has 2 atom stereocenters. The lowest BCUT2D eigenvalue weighted by Gasteiger charge is -2.39. The van der Waals surface area contributed by atoms with Crippen LogP contribution in [-0.2, 0) is 4.74 Å². The summed E-state index contributed by atoms with van der Waals surface area (Å²) in [6.07, 6.45) is 7.53. The third kappa shape index (κ3) is 3.26. The zero-order valence-corrected chi connectivity index (χ0v) is 13.8. The van der Waals surface area contributed by atoms with E-state index in [1.807, 2.05) is 0 Å². The molecule has 1 aromatic rings. The van der Waals surface area contributed by atoms with Crippen LogP contribution >= 0.6 is 15.9 Å². The molecule has 1 aliphatic heterocycles. The van der Waals surface area contributed by atoms with E-state index >= 15 is 0 Å². The molecule has 2 nitrogen and oxygen atoms in total. The third-order valence-electron chi connectivity index (χ3n) is 4.84. The lowest BCUT2D eigenvalue weighted by molar-refractivity contribution is -0.0846. The summed E-state index contributed by atoms with van der Waals surface area (Å²) in [5.74, 6) is 0. The minimum Gasteiger partial charge on any atom is -0.375 e. The fourth-order valence-electron chi connectivity index (χ4n) is 3.76. The van der Waals surface area contributed by atoms with E-state index in [9.17, 15) is 0 Å². The average Bonchev–Trinajstić information content (AvgIpc) is 2.87. The van der Waals surface area contributed by atoms with Crippen LogP contribution in [0.25, 0.3) is 0 Å². The molecule has 1 unspecified atom stereocenters. The normalized spacial score (nSPS) is 26.8. The first-order valence-electron chi connectivity index (χ1n) is 7.82. The van der Waals surface area contributed by atoms with Crippen molar-refractivity contribution in [3.63, 3.8) is 0 Å². The molecule has 1 saturated carbocycles. The SMILES string of the molecule is C[C@H](NC1CCOC2(CCCC2)C1)c1cccc(Br)c1. The van der Waals surface area contributed by atoms with Crippen molar-refractivity contribution in [2.24, 2.45) is 0 Å². The van der Waals surface area contributed by atoms with Crippen LogP contribution in [0.5, 0.6) is 0 Å². The van der Waals surface area contributed by atoms with Crippen LogP contribution in [0.3, 0.4) is 0 Å². The summed E-state index contributed by atoms with van der Waals surface area (Å²) in [6, 6.07) is 9.60. The van der Waals surface area contributed by atoms with Gasteiger partial charge in [-0.15, -0.1) is 0 Å². The number of hydrogen-bond donors (Lipinski definition) is 1. The van der Waals surface area contributed by atoms with Crippen molar-refractivity contribution in [2.45, 2.75) is 63.1 Å². The Hall–Kier alpha value is -0.380. The smallest absolute Gasteiger partial charge is 0.0697 e. The Morgan fingerprint density at radius 3 is 2.90 bits per heavy atom. The number of benzene rings is 1. The molecular weight excluding hydrogens is 314 g/mol. The molecule has 0 bridgehead atoms. The monoisotopic (exact) mass is 337 g/mol. The Morgan fingerprint density at radius 2 is 2.15 bits per heavy atom. The van der Waals surface area contributed by atoms with Crippen molar-refractivity contribution in [1.82, 2.24) is 5.32 Å². The summed E-state index contributed by atoms with van der Waals surface area (Å²) >= 11 is 3.56. The zero-order chi connectivity index (χ0) is 14.0. The van der Waals surface area contributed by atoms with E-state index in [1.165, 1.54) is 37.7 Å². The molecule has 1 aromatic carbocycles. The second-order valence-electron chi connectivity index (χ2n) is 6.37. The first kappa shape index (κ1) is 14.6. The number of hydrogen-bond acceptors (Lipinski definition) is 2. The topological polar surface area (TPSA) is 21.3 Å². The van der Waals surface area contributed by atoms with Crippen LogP contribution in [0, 0.1) is 0 Å². The van der Waals surface area contributed by atoms with E-state index in [2.05, 4.69) is 52.4 Å². The van der Waals surface area contributed by atoms with Crippen LogP contribution in [0.2, 0.25) is 0 Å². The molecule has 1 N–H and O–H groups in total. The van der Waals surface area contributed by atoms with Crippen LogP contribution in [0.4, 0.5) is 0 Å². The van der Waals surface area contributed by atoms with Gasteiger partial charge in [0.15, 0.2) is 0 Å². The van der Waals surface area contributed by atoms with Gasteiger partial charge in [-0.2, -0.15) is 0 Å². The molecule has 0 aromatic heterocycles. The molecule has 1 saturated heterocycles. The lowest BCUT2D eigenvalue weighted by Crippen LogP contribution is -2.46. The van der Waals surface area contributed by atoms with E-state index < -0.39 is 0 Å². The largest absolute Gasteiger partial charge is 0.375 e. The first-order chi connectivity index (χ1) is 9.67. The van der Waals surface area contributed by atoms with E-state index in [4.69, 9.17) is 4.74 Å². The Labute approximate surface area is 130 Å². The van der Waals surface area contributed by atoms with Gasteiger partial charge in [0.2, 0.25) is 0 Å². The highest BCUT2D eigenvalue weighted by atomic mass is 79.9. The maximum absolute atomic E-state index is 6.12. The predicted molar refractivity (Wildman–Crippen MR) is 85.9 cm³/mol. The molecule has 0 amide bonds.